The fourth-order valence-corrected chi connectivity index (χ4v) is 4.10. The van der Waals surface area contributed by atoms with Crippen molar-refractivity contribution in [2.75, 3.05) is 13.1 Å². The monoisotopic (exact) mass is 290 g/mol. The number of nitrogens with zero attached hydrogens (tertiary/aromatic N) is 1. The van der Waals surface area contributed by atoms with E-state index in [1.54, 1.807) is 12.1 Å². The lowest BCUT2D eigenvalue weighted by Gasteiger charge is -2.48. The summed E-state index contributed by atoms with van der Waals surface area (Å²) in [4.78, 5) is 2.66. The molecule has 3 rings (SSSR count). The van der Waals surface area contributed by atoms with Crippen LogP contribution in [0.3, 0.4) is 0 Å². The predicted molar refractivity (Wildman–Crippen MR) is 84.9 cm³/mol. The number of rotatable bonds is 3. The first-order chi connectivity index (χ1) is 10.1. The Labute approximate surface area is 127 Å². The molecule has 2 aliphatic rings. The highest BCUT2D eigenvalue weighted by atomic mass is 19.1. The van der Waals surface area contributed by atoms with E-state index in [9.17, 15) is 4.39 Å². The standard InChI is InChI=1S/C18H27FN2/c1-14(11-16-5-7-17(19)8-6-16)21-13-18(9-3-4-10-18)20-12-15(21)2/h5-8,14-15,20H,3-4,9-13H2,1-2H3. The average molecular weight is 290 g/mol. The summed E-state index contributed by atoms with van der Waals surface area (Å²) in [5.41, 5.74) is 1.60. The van der Waals surface area contributed by atoms with Crippen molar-refractivity contribution in [3.05, 3.63) is 35.6 Å². The molecule has 1 aliphatic carbocycles. The van der Waals surface area contributed by atoms with E-state index in [2.05, 4.69) is 24.1 Å². The molecule has 0 amide bonds. The number of hydrogen-bond donors (Lipinski definition) is 1. The van der Waals surface area contributed by atoms with E-state index in [4.69, 9.17) is 0 Å². The smallest absolute Gasteiger partial charge is 0.123 e. The molecule has 2 fully saturated rings. The van der Waals surface area contributed by atoms with Gasteiger partial charge in [0.1, 0.15) is 5.82 Å². The molecule has 2 unspecified atom stereocenters. The van der Waals surface area contributed by atoms with Crippen molar-refractivity contribution in [3.63, 3.8) is 0 Å². The molecule has 1 spiro atoms. The van der Waals surface area contributed by atoms with Crippen LogP contribution in [0.2, 0.25) is 0 Å². The minimum atomic E-state index is -0.146. The van der Waals surface area contributed by atoms with Crippen LogP contribution in [0.15, 0.2) is 24.3 Å². The fraction of sp³-hybridized carbons (Fsp3) is 0.667. The van der Waals surface area contributed by atoms with E-state index in [1.807, 2.05) is 12.1 Å². The summed E-state index contributed by atoms with van der Waals surface area (Å²) in [6.45, 7) is 6.88. The average Bonchev–Trinajstić information content (AvgIpc) is 2.93. The summed E-state index contributed by atoms with van der Waals surface area (Å²) in [5.74, 6) is -0.146. The maximum absolute atomic E-state index is 13.0. The van der Waals surface area contributed by atoms with Crippen molar-refractivity contribution in [2.24, 2.45) is 0 Å². The molecule has 0 bridgehead atoms. The quantitative estimate of drug-likeness (QED) is 0.918. The minimum absolute atomic E-state index is 0.146. The second-order valence-corrected chi connectivity index (χ2v) is 7.07. The summed E-state index contributed by atoms with van der Waals surface area (Å²) in [5, 5.41) is 3.81. The van der Waals surface area contributed by atoms with Gasteiger partial charge in [0.15, 0.2) is 0 Å². The largest absolute Gasteiger partial charge is 0.308 e. The van der Waals surface area contributed by atoms with Gasteiger partial charge in [0.05, 0.1) is 0 Å². The molecule has 2 nitrogen and oxygen atoms in total. The van der Waals surface area contributed by atoms with E-state index in [0.29, 0.717) is 17.6 Å². The fourth-order valence-electron chi connectivity index (χ4n) is 4.10. The third kappa shape index (κ3) is 3.29. The predicted octanol–water partition coefficient (Wildman–Crippen LogP) is 3.36. The van der Waals surface area contributed by atoms with Gasteiger partial charge in [-0.3, -0.25) is 4.90 Å². The van der Waals surface area contributed by atoms with Gasteiger partial charge >= 0.3 is 0 Å². The summed E-state index contributed by atoms with van der Waals surface area (Å²) in [6, 6.07) is 8.06. The zero-order chi connectivity index (χ0) is 14.9. The van der Waals surface area contributed by atoms with Gasteiger partial charge in [-0.05, 0) is 50.8 Å². The van der Waals surface area contributed by atoms with Crippen LogP contribution >= 0.6 is 0 Å². The zero-order valence-corrected chi connectivity index (χ0v) is 13.2. The number of halogens is 1. The lowest BCUT2D eigenvalue weighted by atomic mass is 9.90. The molecule has 21 heavy (non-hydrogen) atoms. The van der Waals surface area contributed by atoms with Crippen molar-refractivity contribution < 1.29 is 4.39 Å². The van der Waals surface area contributed by atoms with Crippen LogP contribution in [0.1, 0.15) is 45.1 Å². The molecule has 116 valence electrons. The van der Waals surface area contributed by atoms with Crippen LogP contribution in [0.5, 0.6) is 0 Å². The van der Waals surface area contributed by atoms with Crippen LogP contribution in [0.25, 0.3) is 0 Å². The lowest BCUT2D eigenvalue weighted by Crippen LogP contribution is -2.64. The summed E-state index contributed by atoms with van der Waals surface area (Å²) < 4.78 is 13.0. The molecule has 0 aromatic heterocycles. The van der Waals surface area contributed by atoms with E-state index in [1.165, 1.54) is 31.2 Å². The van der Waals surface area contributed by atoms with Crippen LogP contribution in [0.4, 0.5) is 4.39 Å². The first-order valence-corrected chi connectivity index (χ1v) is 8.33. The van der Waals surface area contributed by atoms with Gasteiger partial charge in [0.25, 0.3) is 0 Å². The summed E-state index contributed by atoms with van der Waals surface area (Å²) in [7, 11) is 0. The maximum atomic E-state index is 13.0. The molecule has 1 heterocycles. The Kier molecular flexibility index (Phi) is 4.32. The first kappa shape index (κ1) is 15.0. The Morgan fingerprint density at radius 2 is 1.95 bits per heavy atom. The first-order valence-electron chi connectivity index (χ1n) is 8.33. The van der Waals surface area contributed by atoms with Crippen LogP contribution in [0, 0.1) is 5.82 Å². The summed E-state index contributed by atoms with van der Waals surface area (Å²) >= 11 is 0. The number of hydrogen-bond acceptors (Lipinski definition) is 2. The van der Waals surface area contributed by atoms with E-state index >= 15 is 0 Å². The summed E-state index contributed by atoms with van der Waals surface area (Å²) in [6.07, 6.45) is 6.36. The highest BCUT2D eigenvalue weighted by Gasteiger charge is 2.41. The second kappa shape index (κ2) is 6.05. The zero-order valence-electron chi connectivity index (χ0n) is 13.2. The normalized spacial score (nSPS) is 27.1. The van der Waals surface area contributed by atoms with Gasteiger partial charge in [-0.25, -0.2) is 4.39 Å². The molecule has 1 aliphatic heterocycles. The Bertz CT molecular complexity index is 465. The number of benzene rings is 1. The Morgan fingerprint density at radius 1 is 1.29 bits per heavy atom. The van der Waals surface area contributed by atoms with Crippen molar-refractivity contribution in [1.29, 1.82) is 0 Å². The van der Waals surface area contributed by atoms with Gasteiger partial charge in [-0.2, -0.15) is 0 Å². The second-order valence-electron chi connectivity index (χ2n) is 7.07. The molecule has 1 saturated heterocycles. The van der Waals surface area contributed by atoms with Crippen molar-refractivity contribution in [3.8, 4) is 0 Å². The lowest BCUT2D eigenvalue weighted by molar-refractivity contribution is 0.0568. The topological polar surface area (TPSA) is 15.3 Å². The Balaban J connectivity index is 1.67. The van der Waals surface area contributed by atoms with Crippen LogP contribution < -0.4 is 5.32 Å². The third-order valence-corrected chi connectivity index (χ3v) is 5.40. The molecule has 1 aromatic rings. The molecule has 1 saturated carbocycles. The Morgan fingerprint density at radius 3 is 2.62 bits per heavy atom. The highest BCUT2D eigenvalue weighted by Crippen LogP contribution is 2.34. The SMILES string of the molecule is CC1CNC2(CCCC2)CN1C(C)Cc1ccc(F)cc1. The van der Waals surface area contributed by atoms with Gasteiger partial charge in [0.2, 0.25) is 0 Å². The Hall–Kier alpha value is -0.930. The highest BCUT2D eigenvalue weighted by molar-refractivity contribution is 5.17. The van der Waals surface area contributed by atoms with Gasteiger partial charge < -0.3 is 5.32 Å². The van der Waals surface area contributed by atoms with Crippen LogP contribution in [-0.4, -0.2) is 35.6 Å². The van der Waals surface area contributed by atoms with E-state index in [0.717, 1.165) is 19.5 Å². The van der Waals surface area contributed by atoms with Gasteiger partial charge in [-0.1, -0.05) is 25.0 Å². The van der Waals surface area contributed by atoms with Gasteiger partial charge in [-0.15, -0.1) is 0 Å². The molecule has 1 N–H and O–H groups in total. The van der Waals surface area contributed by atoms with Gasteiger partial charge in [0, 0.05) is 30.7 Å². The molecule has 0 radical (unpaired) electrons. The molecular formula is C18H27FN2. The molecular weight excluding hydrogens is 263 g/mol. The van der Waals surface area contributed by atoms with E-state index in [-0.39, 0.29) is 5.82 Å². The van der Waals surface area contributed by atoms with E-state index < -0.39 is 0 Å². The van der Waals surface area contributed by atoms with Crippen molar-refractivity contribution in [1.82, 2.24) is 10.2 Å². The van der Waals surface area contributed by atoms with Crippen molar-refractivity contribution >= 4 is 0 Å². The minimum Gasteiger partial charge on any atom is -0.308 e. The van der Waals surface area contributed by atoms with Crippen LogP contribution in [-0.2, 0) is 6.42 Å². The number of nitrogens with one attached hydrogen (secondary N) is 1. The molecule has 1 aromatic carbocycles. The third-order valence-electron chi connectivity index (χ3n) is 5.40. The molecule has 2 atom stereocenters. The molecule has 3 heteroatoms. The number of piperazine rings is 1. The maximum Gasteiger partial charge on any atom is 0.123 e. The van der Waals surface area contributed by atoms with Crippen molar-refractivity contribution in [2.45, 2.75) is 63.6 Å².